The number of allylic oxidation sites excluding steroid dienone is 2. The standard InChI is InChI=1S/C26H39N5O4S/c1-18(2)19-6-8-20(9-7-19)30-14-10-21(11-15-30)31-24(12-16-35-26(27)32)23(17-29-36(3,33)34)22-5-4-13-28-25(22)31/h4-5,13,20-21,29H,6-12,14-17H2,1-3H3,(H2,27,32). The second-order valence-corrected chi connectivity index (χ2v) is 12.1. The highest BCUT2D eigenvalue weighted by molar-refractivity contribution is 7.88. The summed E-state index contributed by atoms with van der Waals surface area (Å²) in [7, 11) is -3.38. The second kappa shape index (κ2) is 11.3. The highest BCUT2D eigenvalue weighted by Crippen LogP contribution is 2.36. The third kappa shape index (κ3) is 6.27. The normalized spacial score (nSPS) is 20.1. The van der Waals surface area contributed by atoms with E-state index >= 15 is 0 Å². The van der Waals surface area contributed by atoms with Crippen molar-refractivity contribution in [2.45, 2.75) is 77.4 Å². The van der Waals surface area contributed by atoms with Gasteiger partial charge in [0, 0.05) is 55.4 Å². The van der Waals surface area contributed by atoms with Crippen LogP contribution in [0, 0.1) is 0 Å². The maximum atomic E-state index is 11.9. The zero-order valence-corrected chi connectivity index (χ0v) is 22.4. The fraction of sp³-hybridized carbons (Fsp3) is 0.615. The number of ether oxygens (including phenoxy) is 1. The number of amides is 1. The molecule has 1 aliphatic carbocycles. The van der Waals surface area contributed by atoms with Crippen molar-refractivity contribution in [1.29, 1.82) is 0 Å². The lowest BCUT2D eigenvalue weighted by Gasteiger charge is -2.40. The average molecular weight is 518 g/mol. The van der Waals surface area contributed by atoms with Crippen LogP contribution in [-0.2, 0) is 27.7 Å². The van der Waals surface area contributed by atoms with Crippen LogP contribution >= 0.6 is 0 Å². The Balaban J connectivity index is 1.57. The molecule has 0 radical (unpaired) electrons. The zero-order valence-electron chi connectivity index (χ0n) is 21.6. The maximum absolute atomic E-state index is 11.9. The molecule has 1 amide bonds. The molecule has 10 heteroatoms. The molecule has 1 aliphatic heterocycles. The largest absolute Gasteiger partial charge is 0.449 e. The smallest absolute Gasteiger partial charge is 0.404 e. The highest BCUT2D eigenvalue weighted by Gasteiger charge is 2.31. The topological polar surface area (TPSA) is 120 Å². The van der Waals surface area contributed by atoms with E-state index in [4.69, 9.17) is 15.5 Å². The van der Waals surface area contributed by atoms with Crippen LogP contribution in [0.5, 0.6) is 0 Å². The van der Waals surface area contributed by atoms with Gasteiger partial charge in [-0.1, -0.05) is 11.1 Å². The summed E-state index contributed by atoms with van der Waals surface area (Å²) >= 11 is 0. The van der Waals surface area contributed by atoms with Crippen LogP contribution in [0.15, 0.2) is 29.5 Å². The number of aromatic nitrogens is 2. The molecule has 0 bridgehead atoms. The van der Waals surface area contributed by atoms with Gasteiger partial charge in [-0.15, -0.1) is 0 Å². The van der Waals surface area contributed by atoms with E-state index in [2.05, 4.69) is 28.0 Å². The third-order valence-corrected chi connectivity index (χ3v) is 8.39. The van der Waals surface area contributed by atoms with Gasteiger partial charge < -0.3 is 19.9 Å². The molecular weight excluding hydrogens is 478 g/mol. The van der Waals surface area contributed by atoms with Crippen LogP contribution in [0.2, 0.25) is 0 Å². The van der Waals surface area contributed by atoms with Crippen LogP contribution in [0.3, 0.4) is 0 Å². The van der Waals surface area contributed by atoms with Crippen molar-refractivity contribution in [2.75, 3.05) is 26.0 Å². The number of primary amides is 1. The second-order valence-electron chi connectivity index (χ2n) is 10.3. The van der Waals surface area contributed by atoms with Gasteiger partial charge in [0.25, 0.3) is 0 Å². The van der Waals surface area contributed by atoms with Gasteiger partial charge in [-0.3, -0.25) is 0 Å². The Kier molecular flexibility index (Phi) is 8.37. The van der Waals surface area contributed by atoms with Crippen LogP contribution in [0.4, 0.5) is 4.79 Å². The van der Waals surface area contributed by atoms with E-state index in [9.17, 15) is 13.2 Å². The number of nitrogens with one attached hydrogen (secondary N) is 1. The Bertz CT molecular complexity index is 1210. The van der Waals surface area contributed by atoms with E-state index in [1.807, 2.05) is 12.1 Å². The van der Waals surface area contributed by atoms with Crippen molar-refractivity contribution in [2.24, 2.45) is 5.73 Å². The first kappa shape index (κ1) is 26.6. The minimum absolute atomic E-state index is 0.130. The summed E-state index contributed by atoms with van der Waals surface area (Å²) in [5, 5.41) is 0.923. The van der Waals surface area contributed by atoms with Crippen molar-refractivity contribution < 1.29 is 17.9 Å². The number of rotatable bonds is 8. The fourth-order valence-corrected chi connectivity index (χ4v) is 6.30. The molecule has 2 fully saturated rings. The lowest BCUT2D eigenvalue weighted by atomic mass is 9.86. The van der Waals surface area contributed by atoms with E-state index in [0.29, 0.717) is 12.5 Å². The van der Waals surface area contributed by atoms with E-state index in [0.717, 1.165) is 54.5 Å². The van der Waals surface area contributed by atoms with Crippen LogP contribution in [-0.4, -0.2) is 61.0 Å². The number of carbonyl (C=O) groups is 1. The number of fused-ring (bicyclic) bond motifs is 1. The Hall–Kier alpha value is -2.43. The van der Waals surface area contributed by atoms with Gasteiger partial charge in [-0.05, 0) is 70.1 Å². The van der Waals surface area contributed by atoms with Crippen LogP contribution < -0.4 is 10.5 Å². The van der Waals surface area contributed by atoms with Crippen LogP contribution in [0.1, 0.15) is 69.7 Å². The van der Waals surface area contributed by atoms with Gasteiger partial charge in [0.1, 0.15) is 5.65 Å². The van der Waals surface area contributed by atoms with E-state index in [1.54, 1.807) is 11.8 Å². The molecule has 198 valence electrons. The van der Waals surface area contributed by atoms with E-state index < -0.39 is 16.1 Å². The molecule has 36 heavy (non-hydrogen) atoms. The number of pyridine rings is 1. The minimum Gasteiger partial charge on any atom is -0.449 e. The molecule has 3 heterocycles. The van der Waals surface area contributed by atoms with E-state index in [1.165, 1.54) is 31.3 Å². The zero-order chi connectivity index (χ0) is 25.9. The number of likely N-dealkylation sites (tertiary alicyclic amines) is 1. The Labute approximate surface area is 214 Å². The number of hydrogen-bond acceptors (Lipinski definition) is 6. The summed E-state index contributed by atoms with van der Waals surface area (Å²) in [6.45, 7) is 6.80. The molecule has 9 nitrogen and oxygen atoms in total. The van der Waals surface area contributed by atoms with Gasteiger partial charge in [-0.25, -0.2) is 22.9 Å². The van der Waals surface area contributed by atoms with Crippen molar-refractivity contribution in [3.8, 4) is 0 Å². The fourth-order valence-electron chi connectivity index (χ4n) is 5.89. The Morgan fingerprint density at radius 1 is 1.17 bits per heavy atom. The summed E-state index contributed by atoms with van der Waals surface area (Å²) in [5.74, 6) is 0. The van der Waals surface area contributed by atoms with Crippen molar-refractivity contribution in [1.82, 2.24) is 19.2 Å². The predicted molar refractivity (Wildman–Crippen MR) is 141 cm³/mol. The number of piperidine rings is 1. The van der Waals surface area contributed by atoms with Gasteiger partial charge in [-0.2, -0.15) is 0 Å². The number of sulfonamides is 1. The number of hydrogen-bond donors (Lipinski definition) is 2. The van der Waals surface area contributed by atoms with Crippen LogP contribution in [0.25, 0.3) is 11.0 Å². The molecule has 2 aliphatic rings. The average Bonchev–Trinajstić information content (AvgIpc) is 3.15. The summed E-state index contributed by atoms with van der Waals surface area (Å²) in [6, 6.07) is 4.74. The van der Waals surface area contributed by atoms with Crippen molar-refractivity contribution in [3.05, 3.63) is 40.7 Å². The van der Waals surface area contributed by atoms with Gasteiger partial charge in [0.05, 0.1) is 12.9 Å². The lowest BCUT2D eigenvalue weighted by molar-refractivity contribution is 0.116. The van der Waals surface area contributed by atoms with Crippen molar-refractivity contribution in [3.63, 3.8) is 0 Å². The third-order valence-electron chi connectivity index (χ3n) is 7.72. The molecule has 1 saturated carbocycles. The Morgan fingerprint density at radius 2 is 1.86 bits per heavy atom. The van der Waals surface area contributed by atoms with Gasteiger partial charge in [0.2, 0.25) is 10.0 Å². The Morgan fingerprint density at radius 3 is 2.47 bits per heavy atom. The highest BCUT2D eigenvalue weighted by atomic mass is 32.2. The summed E-state index contributed by atoms with van der Waals surface area (Å²) in [4.78, 5) is 18.6. The SMILES string of the molecule is CC(C)=C1CCC(N2CCC(n3c(CCOC(N)=O)c(CNS(C)(=O)=O)c4cccnc43)CC2)CC1. The summed E-state index contributed by atoms with van der Waals surface area (Å²) in [6.07, 6.45) is 9.42. The van der Waals surface area contributed by atoms with Crippen molar-refractivity contribution >= 4 is 27.1 Å². The molecule has 0 unspecified atom stereocenters. The quantitative estimate of drug-likeness (QED) is 0.516. The monoisotopic (exact) mass is 517 g/mol. The molecule has 3 N–H and O–H groups in total. The number of nitrogens with zero attached hydrogens (tertiary/aromatic N) is 3. The maximum Gasteiger partial charge on any atom is 0.404 e. The predicted octanol–water partition coefficient (Wildman–Crippen LogP) is 3.64. The lowest BCUT2D eigenvalue weighted by Crippen LogP contribution is -2.43. The molecular formula is C26H39N5O4S. The molecule has 2 aromatic rings. The molecule has 2 aromatic heterocycles. The number of carbonyl (C=O) groups excluding carboxylic acids is 1. The van der Waals surface area contributed by atoms with Gasteiger partial charge >= 0.3 is 6.09 Å². The molecule has 0 atom stereocenters. The summed E-state index contributed by atoms with van der Waals surface area (Å²) < 4.78 is 33.7. The molecule has 0 spiro atoms. The minimum atomic E-state index is -3.38. The molecule has 4 rings (SSSR count). The first-order valence-corrected chi connectivity index (χ1v) is 14.8. The first-order valence-electron chi connectivity index (χ1n) is 12.9. The van der Waals surface area contributed by atoms with Gasteiger partial charge in [0.15, 0.2) is 0 Å². The summed E-state index contributed by atoms with van der Waals surface area (Å²) in [5.41, 5.74) is 11.0. The first-order chi connectivity index (χ1) is 17.1. The molecule has 0 aromatic carbocycles. The molecule has 1 saturated heterocycles. The van der Waals surface area contributed by atoms with E-state index in [-0.39, 0.29) is 19.2 Å². The number of nitrogens with two attached hydrogens (primary N) is 1.